The van der Waals surface area contributed by atoms with Gasteiger partial charge < -0.3 is 14.2 Å². The lowest BCUT2D eigenvalue weighted by molar-refractivity contribution is 0.324. The maximum Gasteiger partial charge on any atom is 0.203 e. The number of hydrogen-bond donors (Lipinski definition) is 2. The molecule has 0 N–H and O–H groups in total. The van der Waals surface area contributed by atoms with E-state index in [1.54, 1.807) is 21.3 Å². The second-order valence-corrected chi connectivity index (χ2v) is 10.5. The maximum atomic E-state index is 5.61. The van der Waals surface area contributed by atoms with Crippen LogP contribution in [0.5, 0.6) is 17.2 Å². The Labute approximate surface area is 216 Å². The van der Waals surface area contributed by atoms with E-state index in [2.05, 4.69) is 85.9 Å². The highest BCUT2D eigenvalue weighted by atomic mass is 32.2. The molecule has 176 valence electrons. The Hall–Kier alpha value is -1.54. The number of hydrogen-bond acceptors (Lipinski definition) is 7. The predicted molar refractivity (Wildman–Crippen MR) is 150 cm³/mol. The number of thioether (sulfide) groups is 2. The molecule has 0 aromatic heterocycles. The van der Waals surface area contributed by atoms with Gasteiger partial charge in [-0.15, -0.1) is 23.5 Å². The molecule has 0 aliphatic rings. The number of ether oxygens (including phenoxy) is 3. The van der Waals surface area contributed by atoms with Gasteiger partial charge in [-0.05, 0) is 39.9 Å². The van der Waals surface area contributed by atoms with Crippen LogP contribution in [0.15, 0.2) is 60.7 Å². The van der Waals surface area contributed by atoms with E-state index in [9.17, 15) is 0 Å². The van der Waals surface area contributed by atoms with Gasteiger partial charge in [-0.2, -0.15) is 25.3 Å². The summed E-state index contributed by atoms with van der Waals surface area (Å²) < 4.78 is 16.9. The third-order valence-electron chi connectivity index (χ3n) is 5.17. The molecule has 0 saturated carbocycles. The van der Waals surface area contributed by atoms with Gasteiger partial charge in [0.05, 0.1) is 25.9 Å². The zero-order valence-electron chi connectivity index (χ0n) is 19.1. The standard InChI is InChI=1S/C26H30O3S4/c1-27-23-12-22(13-24(28-2)25(23)29-3)26(32-16-20-8-4-18(14-30)5-9-20)33-17-21-10-6-19(15-31)7-11-21/h4-13,26,30-31H,14-17H2,1-3H3. The fraction of sp³-hybridized carbons (Fsp3) is 0.308. The fourth-order valence-corrected chi connectivity index (χ4v) is 6.25. The first-order valence-electron chi connectivity index (χ1n) is 10.5. The predicted octanol–water partition coefficient (Wildman–Crippen LogP) is 7.44. The first-order chi connectivity index (χ1) is 16.1. The molecule has 0 aliphatic heterocycles. The summed E-state index contributed by atoms with van der Waals surface area (Å²) in [5, 5.41) is 0. The van der Waals surface area contributed by atoms with Crippen LogP contribution >= 0.6 is 48.8 Å². The summed E-state index contributed by atoms with van der Waals surface area (Å²) >= 11 is 12.5. The molecule has 7 heteroatoms. The van der Waals surface area contributed by atoms with Gasteiger partial charge in [0.15, 0.2) is 11.5 Å². The summed E-state index contributed by atoms with van der Waals surface area (Å²) in [6, 6.07) is 21.4. The molecule has 0 atom stereocenters. The smallest absolute Gasteiger partial charge is 0.203 e. The SMILES string of the molecule is COc1cc(C(SCc2ccc(CS)cc2)SCc2ccc(CS)cc2)cc(OC)c1OC. The second kappa shape index (κ2) is 13.4. The van der Waals surface area contributed by atoms with Crippen LogP contribution in [-0.4, -0.2) is 21.3 Å². The third-order valence-corrected chi connectivity index (χ3v) is 8.87. The lowest BCUT2D eigenvalue weighted by Crippen LogP contribution is -1.99. The second-order valence-electron chi connectivity index (χ2n) is 7.36. The van der Waals surface area contributed by atoms with Crippen molar-refractivity contribution in [1.82, 2.24) is 0 Å². The van der Waals surface area contributed by atoms with Crippen LogP contribution in [0, 0.1) is 0 Å². The highest BCUT2D eigenvalue weighted by molar-refractivity contribution is 8.15. The zero-order chi connectivity index (χ0) is 23.6. The van der Waals surface area contributed by atoms with Gasteiger partial charge in [0.2, 0.25) is 5.75 Å². The molecule has 0 amide bonds. The Morgan fingerprint density at radius 1 is 0.636 bits per heavy atom. The van der Waals surface area contributed by atoms with Crippen molar-refractivity contribution in [2.75, 3.05) is 21.3 Å². The van der Waals surface area contributed by atoms with Gasteiger partial charge in [-0.25, -0.2) is 0 Å². The van der Waals surface area contributed by atoms with Gasteiger partial charge >= 0.3 is 0 Å². The van der Waals surface area contributed by atoms with Gasteiger partial charge in [0.25, 0.3) is 0 Å². The normalized spacial score (nSPS) is 11.0. The quantitative estimate of drug-likeness (QED) is 0.192. The van der Waals surface area contributed by atoms with E-state index >= 15 is 0 Å². The zero-order valence-corrected chi connectivity index (χ0v) is 22.5. The van der Waals surface area contributed by atoms with Gasteiger partial charge in [0, 0.05) is 23.0 Å². The molecular formula is C26H30O3S4. The summed E-state index contributed by atoms with van der Waals surface area (Å²) in [6.45, 7) is 0. The number of benzene rings is 3. The van der Waals surface area contributed by atoms with Crippen molar-refractivity contribution in [2.45, 2.75) is 27.6 Å². The van der Waals surface area contributed by atoms with E-state index < -0.39 is 0 Å². The van der Waals surface area contributed by atoms with Crippen molar-refractivity contribution >= 4 is 48.8 Å². The molecule has 0 unspecified atom stereocenters. The Morgan fingerprint density at radius 3 is 1.36 bits per heavy atom. The van der Waals surface area contributed by atoms with E-state index in [0.717, 1.165) is 28.6 Å². The Bertz CT molecular complexity index is 931. The van der Waals surface area contributed by atoms with Gasteiger partial charge in [-0.1, -0.05) is 48.5 Å². The molecule has 33 heavy (non-hydrogen) atoms. The minimum Gasteiger partial charge on any atom is -0.493 e. The van der Waals surface area contributed by atoms with Crippen LogP contribution in [0.3, 0.4) is 0 Å². The Morgan fingerprint density at radius 2 is 1.03 bits per heavy atom. The molecule has 3 aromatic rings. The first-order valence-corrected chi connectivity index (χ1v) is 13.9. The maximum absolute atomic E-state index is 5.61. The topological polar surface area (TPSA) is 27.7 Å². The molecule has 0 aliphatic carbocycles. The molecular weight excluding hydrogens is 489 g/mol. The molecule has 3 rings (SSSR count). The van der Waals surface area contributed by atoms with Gasteiger partial charge in [0.1, 0.15) is 0 Å². The van der Waals surface area contributed by atoms with Crippen LogP contribution in [0.1, 0.15) is 32.4 Å². The minimum atomic E-state index is 0.188. The monoisotopic (exact) mass is 518 g/mol. The van der Waals surface area contributed by atoms with Crippen molar-refractivity contribution in [2.24, 2.45) is 0 Å². The molecule has 0 saturated heterocycles. The van der Waals surface area contributed by atoms with Crippen LogP contribution in [0.25, 0.3) is 0 Å². The van der Waals surface area contributed by atoms with Crippen molar-refractivity contribution in [3.63, 3.8) is 0 Å². The number of methoxy groups -OCH3 is 3. The highest BCUT2D eigenvalue weighted by Crippen LogP contribution is 2.48. The highest BCUT2D eigenvalue weighted by Gasteiger charge is 2.20. The van der Waals surface area contributed by atoms with Crippen LogP contribution in [-0.2, 0) is 23.0 Å². The summed E-state index contributed by atoms with van der Waals surface area (Å²) in [5.74, 6) is 5.28. The third kappa shape index (κ3) is 7.22. The van der Waals surface area contributed by atoms with E-state index in [1.807, 2.05) is 23.5 Å². The van der Waals surface area contributed by atoms with Crippen LogP contribution in [0.4, 0.5) is 0 Å². The lowest BCUT2D eigenvalue weighted by Gasteiger charge is -2.20. The van der Waals surface area contributed by atoms with Crippen molar-refractivity contribution < 1.29 is 14.2 Å². The molecule has 0 fully saturated rings. The average molecular weight is 519 g/mol. The molecule has 3 nitrogen and oxygen atoms in total. The molecule has 0 heterocycles. The number of rotatable bonds is 12. The largest absolute Gasteiger partial charge is 0.493 e. The van der Waals surface area contributed by atoms with Crippen molar-refractivity contribution in [3.05, 3.63) is 88.5 Å². The van der Waals surface area contributed by atoms with Crippen LogP contribution in [0.2, 0.25) is 0 Å². The lowest BCUT2D eigenvalue weighted by atomic mass is 10.2. The molecule has 3 aromatic carbocycles. The summed E-state index contributed by atoms with van der Waals surface area (Å²) in [4.78, 5) is 0. The van der Waals surface area contributed by atoms with E-state index in [-0.39, 0.29) is 4.58 Å². The first kappa shape index (κ1) is 26.1. The van der Waals surface area contributed by atoms with E-state index in [4.69, 9.17) is 14.2 Å². The van der Waals surface area contributed by atoms with Gasteiger partial charge in [-0.3, -0.25) is 0 Å². The minimum absolute atomic E-state index is 0.188. The summed E-state index contributed by atoms with van der Waals surface area (Å²) in [6.07, 6.45) is 0. The van der Waals surface area contributed by atoms with E-state index in [0.29, 0.717) is 17.2 Å². The summed E-state index contributed by atoms with van der Waals surface area (Å²) in [7, 11) is 4.94. The summed E-state index contributed by atoms with van der Waals surface area (Å²) in [5.41, 5.74) is 6.18. The van der Waals surface area contributed by atoms with Crippen molar-refractivity contribution in [3.8, 4) is 17.2 Å². The molecule has 0 radical (unpaired) electrons. The Kier molecular flexibility index (Phi) is 10.6. The molecule has 0 spiro atoms. The molecule has 0 bridgehead atoms. The van der Waals surface area contributed by atoms with E-state index in [1.165, 1.54) is 22.3 Å². The van der Waals surface area contributed by atoms with Crippen LogP contribution < -0.4 is 14.2 Å². The average Bonchev–Trinajstić information content (AvgIpc) is 2.88. The Balaban J connectivity index is 1.84. The number of thiol groups is 2. The fourth-order valence-electron chi connectivity index (χ4n) is 3.30. The van der Waals surface area contributed by atoms with Crippen molar-refractivity contribution in [1.29, 1.82) is 0 Å².